The highest BCUT2D eigenvalue weighted by molar-refractivity contribution is 7.11. The maximum atomic E-state index is 10.7. The van der Waals surface area contributed by atoms with E-state index in [1.165, 1.54) is 17.0 Å². The molecule has 0 radical (unpaired) electrons. The highest BCUT2D eigenvalue weighted by Gasteiger charge is 2.15. The molecule has 1 N–H and O–H groups in total. The first-order valence-electron chi connectivity index (χ1n) is 6.96. The summed E-state index contributed by atoms with van der Waals surface area (Å²) in [6.07, 6.45) is 2.93. The number of hydrogen-bond donors (Lipinski definition) is 1. The molecule has 0 fully saturated rings. The summed E-state index contributed by atoms with van der Waals surface area (Å²) in [5, 5.41) is 15.2. The molecule has 0 saturated carbocycles. The monoisotopic (exact) mass is 305 g/mol. The van der Waals surface area contributed by atoms with Crippen LogP contribution in [-0.2, 0) is 6.42 Å². The summed E-state index contributed by atoms with van der Waals surface area (Å²) in [5.41, 5.74) is 1.14. The Kier molecular flexibility index (Phi) is 5.03. The Hall–Kier alpha value is -1.79. The summed E-state index contributed by atoms with van der Waals surface area (Å²) in [4.78, 5) is 16.0. The Morgan fingerprint density at radius 3 is 2.48 bits per heavy atom. The van der Waals surface area contributed by atoms with Crippen molar-refractivity contribution in [2.75, 3.05) is 0 Å². The van der Waals surface area contributed by atoms with Gasteiger partial charge in [0, 0.05) is 29.2 Å². The van der Waals surface area contributed by atoms with Crippen molar-refractivity contribution in [2.24, 2.45) is 0 Å². The lowest BCUT2D eigenvalue weighted by molar-refractivity contribution is -0.384. The van der Waals surface area contributed by atoms with Gasteiger partial charge in [0.25, 0.3) is 5.69 Å². The molecule has 112 valence electrons. The minimum Gasteiger partial charge on any atom is -0.302 e. The second-order valence-corrected chi connectivity index (χ2v) is 6.12. The molecule has 1 aromatic carbocycles. The third-order valence-corrected chi connectivity index (χ3v) is 4.72. The summed E-state index contributed by atoms with van der Waals surface area (Å²) in [7, 11) is 0. The second kappa shape index (κ2) is 6.78. The zero-order chi connectivity index (χ0) is 15.4. The first kappa shape index (κ1) is 15.6. The van der Waals surface area contributed by atoms with Crippen LogP contribution < -0.4 is 5.32 Å². The van der Waals surface area contributed by atoms with E-state index >= 15 is 0 Å². The second-order valence-electron chi connectivity index (χ2n) is 4.98. The molecule has 21 heavy (non-hydrogen) atoms. The van der Waals surface area contributed by atoms with Gasteiger partial charge in [-0.3, -0.25) is 10.1 Å². The summed E-state index contributed by atoms with van der Waals surface area (Å²) >= 11 is 1.72. The molecule has 5 nitrogen and oxygen atoms in total. The Balaban J connectivity index is 2.02. The van der Waals surface area contributed by atoms with Crippen molar-refractivity contribution in [1.82, 2.24) is 10.3 Å². The zero-order valence-electron chi connectivity index (χ0n) is 12.4. The summed E-state index contributed by atoms with van der Waals surface area (Å²) in [6.45, 7) is 6.25. The molecule has 1 aromatic heterocycles. The lowest BCUT2D eigenvalue weighted by Gasteiger charge is -2.18. The predicted molar refractivity (Wildman–Crippen MR) is 84.6 cm³/mol. The minimum absolute atomic E-state index is 0.106. The number of nitro groups is 1. The van der Waals surface area contributed by atoms with E-state index in [1.807, 2.05) is 13.1 Å². The van der Waals surface area contributed by atoms with Gasteiger partial charge in [0.05, 0.1) is 11.0 Å². The third kappa shape index (κ3) is 3.86. The van der Waals surface area contributed by atoms with Crippen molar-refractivity contribution in [2.45, 2.75) is 39.3 Å². The van der Waals surface area contributed by atoms with E-state index in [0.29, 0.717) is 0 Å². The third-order valence-electron chi connectivity index (χ3n) is 3.39. The molecule has 0 aliphatic heterocycles. The van der Waals surface area contributed by atoms with Gasteiger partial charge in [0.1, 0.15) is 5.01 Å². The predicted octanol–water partition coefficient (Wildman–Crippen LogP) is 4.03. The molecule has 6 heteroatoms. The number of nitrogens with zero attached hydrogens (tertiary/aromatic N) is 2. The van der Waals surface area contributed by atoms with Crippen molar-refractivity contribution in [1.29, 1.82) is 0 Å². The van der Waals surface area contributed by atoms with Crippen LogP contribution in [0.1, 0.15) is 48.3 Å². The topological polar surface area (TPSA) is 68.1 Å². The van der Waals surface area contributed by atoms with Gasteiger partial charge in [0.15, 0.2) is 0 Å². The van der Waals surface area contributed by atoms with Crippen LogP contribution in [0.3, 0.4) is 0 Å². The summed E-state index contributed by atoms with van der Waals surface area (Å²) in [5.74, 6) is 0. The molecule has 2 rings (SSSR count). The number of benzene rings is 1. The molecule has 2 aromatic rings. The number of nitro benzene ring substituents is 1. The van der Waals surface area contributed by atoms with Crippen molar-refractivity contribution >= 4 is 17.0 Å². The van der Waals surface area contributed by atoms with Crippen LogP contribution in [0.5, 0.6) is 0 Å². The van der Waals surface area contributed by atoms with Gasteiger partial charge < -0.3 is 5.32 Å². The van der Waals surface area contributed by atoms with E-state index in [9.17, 15) is 10.1 Å². The summed E-state index contributed by atoms with van der Waals surface area (Å²) in [6, 6.07) is 6.92. The summed E-state index contributed by atoms with van der Waals surface area (Å²) < 4.78 is 0. The molecule has 2 unspecified atom stereocenters. The normalized spacial score (nSPS) is 13.9. The van der Waals surface area contributed by atoms with Crippen LogP contribution >= 0.6 is 11.3 Å². The number of non-ortho nitro benzene ring substituents is 1. The molecule has 0 saturated heterocycles. The SMILES string of the molecule is CCc1cnc(C(C)NC(C)c2ccc([N+](=O)[O-])cc2)s1. The van der Waals surface area contributed by atoms with Crippen molar-refractivity contribution in [3.63, 3.8) is 0 Å². The molecular formula is C15H19N3O2S. The quantitative estimate of drug-likeness (QED) is 0.646. The van der Waals surface area contributed by atoms with Crippen molar-refractivity contribution in [3.05, 3.63) is 56.0 Å². The van der Waals surface area contributed by atoms with E-state index in [0.717, 1.165) is 17.0 Å². The molecule has 2 atom stereocenters. The molecule has 0 amide bonds. The molecule has 0 bridgehead atoms. The van der Waals surface area contributed by atoms with Crippen LogP contribution in [0.2, 0.25) is 0 Å². The van der Waals surface area contributed by atoms with Gasteiger partial charge in [-0.05, 0) is 25.8 Å². The average molecular weight is 305 g/mol. The maximum absolute atomic E-state index is 10.7. The van der Waals surface area contributed by atoms with Crippen molar-refractivity contribution in [3.8, 4) is 0 Å². The standard InChI is InChI=1S/C15H19N3O2S/c1-4-14-9-16-15(21-14)11(3)17-10(2)12-5-7-13(8-6-12)18(19)20/h5-11,17H,4H2,1-3H3. The van der Waals surface area contributed by atoms with Gasteiger partial charge in [-0.25, -0.2) is 4.98 Å². The zero-order valence-corrected chi connectivity index (χ0v) is 13.2. The first-order valence-corrected chi connectivity index (χ1v) is 7.78. The average Bonchev–Trinajstić information content (AvgIpc) is 2.96. The highest BCUT2D eigenvalue weighted by Crippen LogP contribution is 2.24. The van der Waals surface area contributed by atoms with E-state index in [1.54, 1.807) is 23.5 Å². The fourth-order valence-corrected chi connectivity index (χ4v) is 2.98. The lowest BCUT2D eigenvalue weighted by Crippen LogP contribution is -2.22. The highest BCUT2D eigenvalue weighted by atomic mass is 32.1. The minimum atomic E-state index is -0.383. The molecule has 0 spiro atoms. The van der Waals surface area contributed by atoms with E-state index in [4.69, 9.17) is 0 Å². The number of aryl methyl sites for hydroxylation is 1. The van der Waals surface area contributed by atoms with Crippen LogP contribution in [0.15, 0.2) is 30.5 Å². The van der Waals surface area contributed by atoms with Gasteiger partial charge in [-0.2, -0.15) is 0 Å². The van der Waals surface area contributed by atoms with Crippen LogP contribution in [0, 0.1) is 10.1 Å². The Morgan fingerprint density at radius 1 is 1.29 bits per heavy atom. The first-order chi connectivity index (χ1) is 10.0. The number of thiazole rings is 1. The Labute approximate surface area is 128 Å². The fraction of sp³-hybridized carbons (Fsp3) is 0.400. The number of aromatic nitrogens is 1. The Bertz CT molecular complexity index is 610. The largest absolute Gasteiger partial charge is 0.302 e. The number of hydrogen-bond acceptors (Lipinski definition) is 5. The molecule has 0 aliphatic carbocycles. The van der Waals surface area contributed by atoms with Gasteiger partial charge in [-0.1, -0.05) is 19.1 Å². The van der Waals surface area contributed by atoms with Crippen LogP contribution in [0.4, 0.5) is 5.69 Å². The number of nitrogens with one attached hydrogen (secondary N) is 1. The van der Waals surface area contributed by atoms with Gasteiger partial charge in [0.2, 0.25) is 0 Å². The van der Waals surface area contributed by atoms with Crippen LogP contribution in [0.25, 0.3) is 0 Å². The van der Waals surface area contributed by atoms with E-state index in [2.05, 4.69) is 24.1 Å². The fourth-order valence-electron chi connectivity index (χ4n) is 2.11. The van der Waals surface area contributed by atoms with Crippen molar-refractivity contribution < 1.29 is 4.92 Å². The smallest absolute Gasteiger partial charge is 0.269 e. The van der Waals surface area contributed by atoms with Crippen LogP contribution in [-0.4, -0.2) is 9.91 Å². The number of rotatable bonds is 6. The Morgan fingerprint density at radius 2 is 1.95 bits per heavy atom. The van der Waals surface area contributed by atoms with E-state index in [-0.39, 0.29) is 22.7 Å². The maximum Gasteiger partial charge on any atom is 0.269 e. The van der Waals surface area contributed by atoms with Gasteiger partial charge in [-0.15, -0.1) is 11.3 Å². The molecule has 0 aliphatic rings. The molecular weight excluding hydrogens is 286 g/mol. The molecule has 1 heterocycles. The lowest BCUT2D eigenvalue weighted by atomic mass is 10.1. The van der Waals surface area contributed by atoms with E-state index < -0.39 is 0 Å². The van der Waals surface area contributed by atoms with Gasteiger partial charge >= 0.3 is 0 Å².